The van der Waals surface area contributed by atoms with Crippen LogP contribution in [0.3, 0.4) is 0 Å². The van der Waals surface area contributed by atoms with Crippen molar-refractivity contribution in [1.82, 2.24) is 0 Å². The van der Waals surface area contributed by atoms with Gasteiger partial charge < -0.3 is 10.2 Å². The van der Waals surface area contributed by atoms with Crippen molar-refractivity contribution in [1.29, 1.82) is 0 Å². The summed E-state index contributed by atoms with van der Waals surface area (Å²) < 4.78 is 0. The zero-order valence-electron chi connectivity index (χ0n) is 12.5. The Balaban J connectivity index is 1.88. The van der Waals surface area contributed by atoms with Crippen LogP contribution in [0.5, 0.6) is 5.75 Å². The summed E-state index contributed by atoms with van der Waals surface area (Å²) in [6.07, 6.45) is 4.85. The molecule has 3 aliphatic rings. The van der Waals surface area contributed by atoms with E-state index in [1.165, 1.54) is 16.7 Å². The molecule has 0 saturated heterocycles. The van der Waals surface area contributed by atoms with Crippen LogP contribution in [0.15, 0.2) is 30.4 Å². The van der Waals surface area contributed by atoms with Crippen LogP contribution in [0, 0.1) is 11.3 Å². The van der Waals surface area contributed by atoms with Gasteiger partial charge in [-0.3, -0.25) is 0 Å². The SMILES string of the molecule is C=C1CC2=C(CC[C@]3(C)[C@H](O)CC[C@@H]23)c2ccc(O)cc21. The highest BCUT2D eigenvalue weighted by Crippen LogP contribution is 2.59. The van der Waals surface area contributed by atoms with E-state index in [2.05, 4.69) is 13.5 Å². The number of hydrogen-bond acceptors (Lipinski definition) is 2. The first kappa shape index (κ1) is 13.1. The maximum Gasteiger partial charge on any atom is 0.116 e. The molecule has 1 fully saturated rings. The van der Waals surface area contributed by atoms with E-state index in [1.54, 1.807) is 6.07 Å². The first-order valence-electron chi connectivity index (χ1n) is 7.92. The molecule has 0 aromatic heterocycles. The van der Waals surface area contributed by atoms with E-state index < -0.39 is 0 Å². The number of phenolic OH excluding ortho intramolecular Hbond substituents is 1. The smallest absolute Gasteiger partial charge is 0.116 e. The highest BCUT2D eigenvalue weighted by atomic mass is 16.3. The summed E-state index contributed by atoms with van der Waals surface area (Å²) in [4.78, 5) is 0. The van der Waals surface area contributed by atoms with E-state index in [9.17, 15) is 10.2 Å². The molecule has 1 aromatic carbocycles. The lowest BCUT2D eigenvalue weighted by Gasteiger charge is -2.43. The molecule has 3 aliphatic carbocycles. The zero-order valence-corrected chi connectivity index (χ0v) is 12.5. The summed E-state index contributed by atoms with van der Waals surface area (Å²) in [6, 6.07) is 5.66. The Kier molecular flexibility index (Phi) is 2.65. The minimum absolute atomic E-state index is 0.0491. The largest absolute Gasteiger partial charge is 0.508 e. The third-order valence-electron chi connectivity index (χ3n) is 6.12. The number of rotatable bonds is 0. The summed E-state index contributed by atoms with van der Waals surface area (Å²) in [6.45, 7) is 6.49. The molecule has 0 amide bonds. The Morgan fingerprint density at radius 1 is 1.24 bits per heavy atom. The second-order valence-electron chi connectivity index (χ2n) is 7.17. The summed E-state index contributed by atoms with van der Waals surface area (Å²) in [5.74, 6) is 0.811. The van der Waals surface area contributed by atoms with E-state index in [0.717, 1.165) is 43.2 Å². The molecule has 2 nitrogen and oxygen atoms in total. The summed E-state index contributed by atoms with van der Waals surface area (Å²) in [7, 11) is 0. The third kappa shape index (κ3) is 1.69. The topological polar surface area (TPSA) is 40.5 Å². The van der Waals surface area contributed by atoms with E-state index in [1.807, 2.05) is 12.1 Å². The van der Waals surface area contributed by atoms with Crippen LogP contribution >= 0.6 is 0 Å². The summed E-state index contributed by atoms with van der Waals surface area (Å²) >= 11 is 0. The number of aliphatic hydroxyl groups excluding tert-OH is 1. The number of hydrogen-bond donors (Lipinski definition) is 2. The highest BCUT2D eigenvalue weighted by Gasteiger charge is 2.50. The van der Waals surface area contributed by atoms with Crippen molar-refractivity contribution in [2.45, 2.75) is 45.1 Å². The number of phenols is 1. The molecule has 0 bridgehead atoms. The lowest BCUT2D eigenvalue weighted by atomic mass is 9.62. The van der Waals surface area contributed by atoms with Gasteiger partial charge in [0.05, 0.1) is 6.10 Å². The minimum Gasteiger partial charge on any atom is -0.508 e. The van der Waals surface area contributed by atoms with Crippen molar-refractivity contribution >= 4 is 11.1 Å². The molecule has 0 unspecified atom stereocenters. The van der Waals surface area contributed by atoms with E-state index >= 15 is 0 Å². The van der Waals surface area contributed by atoms with Gasteiger partial charge in [-0.1, -0.05) is 25.1 Å². The fraction of sp³-hybridized carbons (Fsp3) is 0.474. The van der Waals surface area contributed by atoms with Crippen molar-refractivity contribution in [3.63, 3.8) is 0 Å². The Hall–Kier alpha value is -1.54. The zero-order chi connectivity index (χ0) is 14.8. The molecule has 1 aromatic rings. The predicted octanol–water partition coefficient (Wildman–Crippen LogP) is 4.13. The fourth-order valence-corrected chi connectivity index (χ4v) is 4.85. The van der Waals surface area contributed by atoms with Crippen molar-refractivity contribution in [2.24, 2.45) is 11.3 Å². The van der Waals surface area contributed by atoms with Gasteiger partial charge in [-0.15, -0.1) is 0 Å². The predicted molar refractivity (Wildman–Crippen MR) is 84.7 cm³/mol. The van der Waals surface area contributed by atoms with Crippen LogP contribution in [0.2, 0.25) is 0 Å². The van der Waals surface area contributed by atoms with Gasteiger partial charge in [0.1, 0.15) is 5.75 Å². The number of fused-ring (bicyclic) bond motifs is 4. The molecule has 3 atom stereocenters. The first-order valence-corrected chi connectivity index (χ1v) is 7.92. The lowest BCUT2D eigenvalue weighted by Crippen LogP contribution is -2.37. The maximum absolute atomic E-state index is 10.4. The second-order valence-corrected chi connectivity index (χ2v) is 7.17. The monoisotopic (exact) mass is 282 g/mol. The number of aromatic hydroxyl groups is 1. The van der Waals surface area contributed by atoms with Gasteiger partial charge in [-0.25, -0.2) is 0 Å². The van der Waals surface area contributed by atoms with Crippen LogP contribution in [0.4, 0.5) is 0 Å². The molecule has 2 heteroatoms. The average molecular weight is 282 g/mol. The average Bonchev–Trinajstić information content (AvgIpc) is 2.76. The Bertz CT molecular complexity index is 670. The molecule has 0 aliphatic heterocycles. The van der Waals surface area contributed by atoms with Crippen molar-refractivity contribution < 1.29 is 10.2 Å². The quantitative estimate of drug-likeness (QED) is 0.751. The van der Waals surface area contributed by atoms with Crippen LogP contribution in [-0.4, -0.2) is 16.3 Å². The third-order valence-corrected chi connectivity index (χ3v) is 6.12. The lowest BCUT2D eigenvalue weighted by molar-refractivity contribution is 0.0384. The summed E-state index contributed by atoms with van der Waals surface area (Å²) in [5, 5.41) is 20.1. The Morgan fingerprint density at radius 2 is 2.05 bits per heavy atom. The molecule has 0 heterocycles. The van der Waals surface area contributed by atoms with Crippen LogP contribution in [0.1, 0.15) is 50.2 Å². The number of aliphatic hydroxyl groups is 1. The highest BCUT2D eigenvalue weighted by molar-refractivity contribution is 5.87. The standard InChI is InChI=1S/C19H22O2/c1-11-9-16-14(13-4-3-12(20)10-15(11)13)7-8-19(2)17(16)5-6-18(19)21/h3-4,10,17-18,20-21H,1,5-9H2,2H3/t17-,18+,19-/m0/s1. The van der Waals surface area contributed by atoms with Crippen LogP contribution in [0.25, 0.3) is 11.1 Å². The molecule has 0 spiro atoms. The van der Waals surface area contributed by atoms with Gasteiger partial charge >= 0.3 is 0 Å². The van der Waals surface area contributed by atoms with Gasteiger partial charge in [0.2, 0.25) is 0 Å². The molecular weight excluding hydrogens is 260 g/mol. The molecule has 0 radical (unpaired) electrons. The van der Waals surface area contributed by atoms with Crippen molar-refractivity contribution in [3.8, 4) is 5.75 Å². The van der Waals surface area contributed by atoms with E-state index in [0.29, 0.717) is 11.7 Å². The first-order chi connectivity index (χ1) is 10.0. The maximum atomic E-state index is 10.4. The fourth-order valence-electron chi connectivity index (χ4n) is 4.85. The van der Waals surface area contributed by atoms with Crippen molar-refractivity contribution in [3.05, 3.63) is 41.5 Å². The van der Waals surface area contributed by atoms with Gasteiger partial charge in [0.25, 0.3) is 0 Å². The van der Waals surface area contributed by atoms with Crippen molar-refractivity contribution in [2.75, 3.05) is 0 Å². The van der Waals surface area contributed by atoms with Gasteiger partial charge in [0, 0.05) is 5.41 Å². The van der Waals surface area contributed by atoms with Gasteiger partial charge in [-0.05, 0) is 72.4 Å². The van der Waals surface area contributed by atoms with Gasteiger partial charge in [0.15, 0.2) is 0 Å². The molecule has 21 heavy (non-hydrogen) atoms. The minimum atomic E-state index is -0.161. The molecular formula is C19H22O2. The molecule has 2 N–H and O–H groups in total. The van der Waals surface area contributed by atoms with E-state index in [4.69, 9.17) is 0 Å². The Labute approximate surface area is 125 Å². The molecule has 110 valence electrons. The van der Waals surface area contributed by atoms with Crippen LogP contribution < -0.4 is 0 Å². The second kappa shape index (κ2) is 4.23. The summed E-state index contributed by atoms with van der Waals surface area (Å²) in [5.41, 5.74) is 6.47. The van der Waals surface area contributed by atoms with Gasteiger partial charge in [-0.2, -0.15) is 0 Å². The molecule has 1 saturated carbocycles. The normalized spacial score (nSPS) is 34.5. The van der Waals surface area contributed by atoms with Crippen LogP contribution in [-0.2, 0) is 0 Å². The number of allylic oxidation sites excluding steroid dienone is 3. The molecule has 4 rings (SSSR count). The van der Waals surface area contributed by atoms with E-state index in [-0.39, 0.29) is 11.5 Å². The number of benzene rings is 1. The Morgan fingerprint density at radius 3 is 2.86 bits per heavy atom.